The fourth-order valence-corrected chi connectivity index (χ4v) is 11.7. The van der Waals surface area contributed by atoms with E-state index >= 15 is 0 Å². The summed E-state index contributed by atoms with van der Waals surface area (Å²) in [6.45, 7) is 13.0. The van der Waals surface area contributed by atoms with Crippen LogP contribution in [0.4, 0.5) is 21.0 Å². The number of esters is 2. The quantitative estimate of drug-likeness (QED) is 0.0284. The minimum Gasteiger partial charge on any atom is -0.495 e. The molecule has 3 fully saturated rings. The van der Waals surface area contributed by atoms with Crippen LogP contribution >= 0.6 is 11.6 Å². The van der Waals surface area contributed by atoms with Crippen molar-refractivity contribution in [2.24, 2.45) is 29.4 Å². The molecule has 0 radical (unpaired) electrons. The van der Waals surface area contributed by atoms with Gasteiger partial charge in [-0.2, -0.15) is 0 Å². The number of aliphatic hydroxyl groups is 1. The average molecular weight is 1210 g/mol. The summed E-state index contributed by atoms with van der Waals surface area (Å²) < 4.78 is 41.2. The number of hydrogen-bond acceptors (Lipinski definition) is 16. The van der Waals surface area contributed by atoms with Gasteiger partial charge >= 0.3 is 24.1 Å². The molecule has 468 valence electrons. The van der Waals surface area contributed by atoms with E-state index in [1.54, 1.807) is 57.3 Å². The van der Waals surface area contributed by atoms with Gasteiger partial charge in [-0.05, 0) is 120 Å². The van der Waals surface area contributed by atoms with Gasteiger partial charge < -0.3 is 59.5 Å². The molecule has 22 heteroatoms. The third kappa shape index (κ3) is 18.2. The summed E-state index contributed by atoms with van der Waals surface area (Å²) in [4.78, 5) is 109. The zero-order valence-corrected chi connectivity index (χ0v) is 51.9. The predicted molar refractivity (Wildman–Crippen MR) is 318 cm³/mol. The van der Waals surface area contributed by atoms with Gasteiger partial charge in [0.2, 0.25) is 11.8 Å². The summed E-state index contributed by atoms with van der Waals surface area (Å²) in [5, 5.41) is 20.3. The molecule has 4 aliphatic rings. The second-order valence-corrected chi connectivity index (χ2v) is 24.8. The smallest absolute Gasteiger partial charge is 0.412 e. The molecule has 1 saturated carbocycles. The van der Waals surface area contributed by atoms with Crippen molar-refractivity contribution >= 4 is 70.4 Å². The lowest BCUT2D eigenvalue weighted by molar-refractivity contribution is -0.187. The molecule has 6 N–H and O–H groups in total. The van der Waals surface area contributed by atoms with Gasteiger partial charge in [0.25, 0.3) is 0 Å². The molecule has 1 aliphatic carbocycles. The summed E-state index contributed by atoms with van der Waals surface area (Å²) in [7, 11) is 5.84. The molecule has 0 unspecified atom stereocenters. The van der Waals surface area contributed by atoms with Crippen molar-refractivity contribution in [3.05, 3.63) is 70.3 Å². The fraction of sp³-hybridized carbons (Fsp3) is 0.619. The molecule has 5 amide bonds. The number of halogens is 1. The van der Waals surface area contributed by atoms with Gasteiger partial charge in [-0.3, -0.25) is 34.1 Å². The lowest BCUT2D eigenvalue weighted by atomic mass is 9.78. The maximum Gasteiger partial charge on any atom is 0.412 e. The van der Waals surface area contributed by atoms with Crippen molar-refractivity contribution in [3.8, 4) is 11.5 Å². The van der Waals surface area contributed by atoms with Gasteiger partial charge in [0.1, 0.15) is 57.4 Å². The molecule has 6 rings (SSSR count). The number of fused-ring (bicyclic) bond motifs is 5. The lowest BCUT2D eigenvalue weighted by Crippen LogP contribution is -2.53. The predicted octanol–water partition coefficient (Wildman–Crippen LogP) is 8.59. The normalized spacial score (nSPS) is 25.3. The van der Waals surface area contributed by atoms with Gasteiger partial charge in [0.15, 0.2) is 5.78 Å². The number of anilines is 2. The highest BCUT2D eigenvalue weighted by Crippen LogP contribution is 2.50. The van der Waals surface area contributed by atoms with Crippen LogP contribution < -0.4 is 36.1 Å². The zero-order chi connectivity index (χ0) is 62.6. The molecule has 4 bridgehead atoms. The number of nitrogens with zero attached hydrogens (tertiary/aromatic N) is 1. The third-order valence-corrected chi connectivity index (χ3v) is 17.3. The van der Waals surface area contributed by atoms with Crippen LogP contribution in [0.1, 0.15) is 143 Å². The Hall–Kier alpha value is -6.55. The van der Waals surface area contributed by atoms with E-state index in [0.717, 1.165) is 30.4 Å². The molecule has 2 aromatic carbocycles. The number of carbonyl (C=O) groups excluding carboxylic acids is 8. The number of carbonyl (C=O) groups is 8. The van der Waals surface area contributed by atoms with Crippen molar-refractivity contribution in [1.29, 1.82) is 0 Å². The molecule has 21 nitrogen and oxygen atoms in total. The number of amides is 5. The Morgan fingerprint density at radius 2 is 1.72 bits per heavy atom. The number of Topliss-reactive ketones (excluding diaryl/α,β-unsaturated/α-hetero) is 2. The van der Waals surface area contributed by atoms with E-state index in [1.807, 2.05) is 40.7 Å². The van der Waals surface area contributed by atoms with E-state index < -0.39 is 95.4 Å². The first-order valence-corrected chi connectivity index (χ1v) is 29.8. The van der Waals surface area contributed by atoms with E-state index in [0.29, 0.717) is 42.7 Å². The van der Waals surface area contributed by atoms with Gasteiger partial charge in [0.05, 0.1) is 56.5 Å². The highest BCUT2D eigenvalue weighted by molar-refractivity contribution is 6.35. The minimum absolute atomic E-state index is 0.00526. The summed E-state index contributed by atoms with van der Waals surface area (Å²) in [6, 6.07) is 6.45. The summed E-state index contributed by atoms with van der Waals surface area (Å²) in [5.41, 5.74) is 4.29. The Balaban J connectivity index is 1.17. The molecular weight excluding hydrogens is 1120 g/mol. The number of rotatable bonds is 24. The second kappa shape index (κ2) is 29.7. The number of nitrogens with one attached hydrogen (secondary N) is 3. The summed E-state index contributed by atoms with van der Waals surface area (Å²) in [6.07, 6.45) is 5.22. The molecule has 85 heavy (non-hydrogen) atoms. The van der Waals surface area contributed by atoms with Crippen LogP contribution in [-0.2, 0) is 65.3 Å². The molecule has 2 aromatic rings. The number of urea groups is 1. The first-order chi connectivity index (χ1) is 40.1. The van der Waals surface area contributed by atoms with Crippen LogP contribution in [-0.4, -0.2) is 135 Å². The summed E-state index contributed by atoms with van der Waals surface area (Å²) in [5.74, 6) is -3.36. The van der Waals surface area contributed by atoms with Crippen LogP contribution in [0.25, 0.3) is 0 Å². The maximum absolute atomic E-state index is 14.5. The maximum atomic E-state index is 14.5. The fourth-order valence-electron chi connectivity index (χ4n) is 11.4. The number of allylic oxidation sites excluding steroid dienone is 3. The first-order valence-electron chi connectivity index (χ1n) is 29.5. The number of primary amides is 1. The minimum atomic E-state index is -1.65. The second-order valence-electron chi connectivity index (χ2n) is 24.4. The molecule has 2 saturated heterocycles. The van der Waals surface area contributed by atoms with E-state index in [1.165, 1.54) is 32.3 Å². The summed E-state index contributed by atoms with van der Waals surface area (Å²) >= 11 is 6.86. The van der Waals surface area contributed by atoms with Crippen LogP contribution in [0.3, 0.4) is 0 Å². The monoisotopic (exact) mass is 1210 g/mol. The van der Waals surface area contributed by atoms with Crippen LogP contribution in [0, 0.1) is 23.7 Å². The average Bonchev–Trinajstić information content (AvgIpc) is 1.66. The Morgan fingerprint density at radius 3 is 2.36 bits per heavy atom. The topological polar surface area (TPSA) is 290 Å². The van der Waals surface area contributed by atoms with Gasteiger partial charge in [0, 0.05) is 58.2 Å². The number of methoxy groups -OCH3 is 3. The molecule has 9 atom stereocenters. The van der Waals surface area contributed by atoms with Crippen LogP contribution in [0.2, 0.25) is 5.02 Å². The zero-order valence-electron chi connectivity index (χ0n) is 51.1. The van der Waals surface area contributed by atoms with Crippen molar-refractivity contribution < 1.29 is 76.6 Å². The van der Waals surface area contributed by atoms with Gasteiger partial charge in [-0.25, -0.2) is 9.59 Å². The number of ketones is 2. The van der Waals surface area contributed by atoms with Gasteiger partial charge in [-0.15, -0.1) is 0 Å². The molecule has 3 heterocycles. The standard InChI is InChI=1S/C63H88ClN5O16/c1-36(2)43(32-42(70)20-12-13-25-61(5,6)85-58(75)41-18-15-19-41)57(74)67-44(21-16-26-66-59(65)76)47(71)29-39-23-24-45(48(30-39)79-9)68-60(77)83-52-33-53(72)69(8)46-28-40(31-49(80-10)55(46)64)27-37(3)17-14-22-51(81-11)63(78)34-50(82-54(73)35-63)38(4)56-62(52,7)84-56/h14,17,22-24,28,30-31,36,38,41,43-44,50-52,56,78H,12-13,15-16,18-21,25-27,29,32-35H2,1-11H3,(H,67,74)(H,68,77)(H3,65,66,76)/b22-14+,37-17+/t38-,43+,44+,50+,51-,52+,56+,62+,63-/m1/s1. The number of unbranched alkanes of at least 4 members (excludes halogenated alkanes) is 1. The Labute approximate surface area is 504 Å². The van der Waals surface area contributed by atoms with E-state index in [4.69, 9.17) is 50.5 Å². The molecule has 3 aliphatic heterocycles. The first kappa shape index (κ1) is 67.6. The number of nitrogens with two attached hydrogens (primary N) is 1. The van der Waals surface area contributed by atoms with Crippen molar-refractivity contribution in [2.45, 2.75) is 192 Å². The number of hydrogen-bond donors (Lipinski definition) is 5. The number of benzene rings is 2. The Bertz CT molecular complexity index is 2830. The largest absolute Gasteiger partial charge is 0.495 e. The van der Waals surface area contributed by atoms with Crippen molar-refractivity contribution in [2.75, 3.05) is 45.1 Å². The third-order valence-electron chi connectivity index (χ3n) is 16.9. The van der Waals surface area contributed by atoms with E-state index in [-0.39, 0.29) is 97.3 Å². The van der Waals surface area contributed by atoms with Crippen LogP contribution in [0.15, 0.2) is 54.1 Å². The molecule has 0 aromatic heterocycles. The number of ether oxygens (including phenoxy) is 7. The van der Waals surface area contributed by atoms with Crippen LogP contribution in [0.5, 0.6) is 11.5 Å². The lowest BCUT2D eigenvalue weighted by Gasteiger charge is -2.41. The molecular formula is C63H88ClN5O16. The Morgan fingerprint density at radius 1 is 1.00 bits per heavy atom. The highest BCUT2D eigenvalue weighted by atomic mass is 35.5. The van der Waals surface area contributed by atoms with Crippen molar-refractivity contribution in [1.82, 2.24) is 10.6 Å². The van der Waals surface area contributed by atoms with Crippen molar-refractivity contribution in [3.63, 3.8) is 0 Å². The van der Waals surface area contributed by atoms with E-state index in [2.05, 4.69) is 16.0 Å². The SMILES string of the molecule is COc1cc(CC(=O)[C@H](CCCNC(N)=O)NC(=O)[C@@H](CC(=O)CCCCC(C)(C)OC(=O)C2CCC2)C(C)C)ccc1NC(=O)O[C@H]1CC(=O)N(C)c2cc(cc(OC)c2Cl)C/C(C)=C/C=C/[C@@H](OC)[C@]2(O)CC(=O)O[C@@H](C2)[C@@H](C)[C@@H]2O[C@@]12C. The van der Waals surface area contributed by atoms with Gasteiger partial charge in [-0.1, -0.05) is 68.7 Å². The van der Waals surface area contributed by atoms with E-state index in [9.17, 15) is 43.5 Å². The Kier molecular flexibility index (Phi) is 23.6. The molecule has 0 spiro atoms. The highest BCUT2D eigenvalue weighted by Gasteiger charge is 2.64. The number of epoxide rings is 1.